The topological polar surface area (TPSA) is 15.8 Å². The van der Waals surface area contributed by atoms with Gasteiger partial charge in [-0.3, -0.25) is 0 Å². The van der Waals surface area contributed by atoms with Crippen LogP contribution in [-0.4, -0.2) is 4.98 Å². The first-order valence-electron chi connectivity index (χ1n) is 5.30. The largest absolute Gasteiger partial charge is 0.362 e. The third-order valence-corrected chi connectivity index (χ3v) is 3.53. The molecule has 1 aliphatic rings. The summed E-state index contributed by atoms with van der Waals surface area (Å²) in [5, 5.41) is 0. The molecule has 1 heteroatoms. The lowest BCUT2D eigenvalue weighted by Crippen LogP contribution is -1.88. The Kier molecular flexibility index (Phi) is 1.98. The first-order valence-corrected chi connectivity index (χ1v) is 5.30. The van der Waals surface area contributed by atoms with Crippen LogP contribution in [0.4, 0.5) is 0 Å². The van der Waals surface area contributed by atoms with E-state index in [1.807, 2.05) is 0 Å². The minimum absolute atomic E-state index is 0.623. The Morgan fingerprint density at radius 2 is 1.77 bits per heavy atom. The van der Waals surface area contributed by atoms with Crippen LogP contribution in [0.5, 0.6) is 0 Å². The summed E-state index contributed by atoms with van der Waals surface area (Å²) in [7, 11) is 0. The van der Waals surface area contributed by atoms with Crippen LogP contribution in [0.2, 0.25) is 0 Å². The minimum Gasteiger partial charge on any atom is -0.362 e. The Morgan fingerprint density at radius 1 is 1.15 bits per heavy atom. The Balaban J connectivity index is 2.15. The molecule has 0 amide bonds. The summed E-state index contributed by atoms with van der Waals surface area (Å²) >= 11 is 0. The maximum absolute atomic E-state index is 3.54. The Bertz CT molecular complexity index is 290. The fourth-order valence-corrected chi connectivity index (χ4v) is 2.19. The molecule has 2 rings (SSSR count). The second kappa shape index (κ2) is 2.90. The van der Waals surface area contributed by atoms with Crippen molar-refractivity contribution < 1.29 is 0 Å². The molecule has 1 fully saturated rings. The normalized spacial score (nSPS) is 32.5. The summed E-state index contributed by atoms with van der Waals surface area (Å²) in [6.07, 6.45) is 0. The van der Waals surface area contributed by atoms with Gasteiger partial charge in [0.2, 0.25) is 0 Å². The monoisotopic (exact) mass is 177 g/mol. The zero-order valence-electron chi connectivity index (χ0n) is 8.96. The van der Waals surface area contributed by atoms with Crippen LogP contribution in [0.15, 0.2) is 12.1 Å². The van der Waals surface area contributed by atoms with E-state index >= 15 is 0 Å². The van der Waals surface area contributed by atoms with Crippen molar-refractivity contribution in [1.29, 1.82) is 0 Å². The maximum Gasteiger partial charge on any atom is 0.0186 e. The molecule has 2 unspecified atom stereocenters. The van der Waals surface area contributed by atoms with E-state index in [4.69, 9.17) is 0 Å². The Hall–Kier alpha value is -0.720. The molecular formula is C12H19N. The molecule has 0 radical (unpaired) electrons. The van der Waals surface area contributed by atoms with Gasteiger partial charge in [0.15, 0.2) is 0 Å². The van der Waals surface area contributed by atoms with Crippen LogP contribution < -0.4 is 0 Å². The van der Waals surface area contributed by atoms with Crippen molar-refractivity contribution in [2.24, 2.45) is 11.8 Å². The molecule has 2 atom stereocenters. The van der Waals surface area contributed by atoms with Gasteiger partial charge >= 0.3 is 0 Å². The summed E-state index contributed by atoms with van der Waals surface area (Å²) in [6.45, 7) is 9.14. The van der Waals surface area contributed by atoms with Gasteiger partial charge in [0.1, 0.15) is 0 Å². The molecule has 1 heterocycles. The average molecular weight is 177 g/mol. The first kappa shape index (κ1) is 8.86. The summed E-state index contributed by atoms with van der Waals surface area (Å²) in [5.74, 6) is 3.17. The van der Waals surface area contributed by atoms with E-state index in [-0.39, 0.29) is 0 Å². The molecule has 0 aromatic carbocycles. The van der Waals surface area contributed by atoms with Crippen LogP contribution in [0.1, 0.15) is 50.9 Å². The second-order valence-corrected chi connectivity index (χ2v) is 4.77. The highest BCUT2D eigenvalue weighted by Gasteiger charge is 2.44. The molecule has 0 bridgehead atoms. The fourth-order valence-electron chi connectivity index (χ4n) is 2.19. The van der Waals surface area contributed by atoms with Crippen molar-refractivity contribution in [2.45, 2.75) is 39.5 Å². The van der Waals surface area contributed by atoms with E-state index in [1.54, 1.807) is 0 Å². The molecule has 1 N–H and O–H groups in total. The van der Waals surface area contributed by atoms with Crippen molar-refractivity contribution in [2.75, 3.05) is 0 Å². The van der Waals surface area contributed by atoms with E-state index in [0.717, 1.165) is 17.8 Å². The van der Waals surface area contributed by atoms with Gasteiger partial charge in [-0.05, 0) is 29.9 Å². The van der Waals surface area contributed by atoms with E-state index < -0.39 is 0 Å². The van der Waals surface area contributed by atoms with E-state index in [9.17, 15) is 0 Å². The number of aromatic nitrogens is 1. The van der Waals surface area contributed by atoms with Crippen LogP contribution in [0.25, 0.3) is 0 Å². The molecule has 1 aliphatic carbocycles. The van der Waals surface area contributed by atoms with Gasteiger partial charge < -0.3 is 4.98 Å². The predicted molar refractivity (Wildman–Crippen MR) is 56.0 cm³/mol. The lowest BCUT2D eigenvalue weighted by atomic mass is 10.1. The summed E-state index contributed by atoms with van der Waals surface area (Å²) < 4.78 is 0. The second-order valence-electron chi connectivity index (χ2n) is 4.77. The van der Waals surface area contributed by atoms with Gasteiger partial charge in [0.05, 0.1) is 0 Å². The highest BCUT2D eigenvalue weighted by Crippen LogP contribution is 2.52. The minimum atomic E-state index is 0.623. The number of aromatic amines is 1. The Morgan fingerprint density at radius 3 is 2.15 bits per heavy atom. The SMILES string of the molecule is CC(C)c1ccc(C2C(C)C2C)[nH]1. The van der Waals surface area contributed by atoms with Gasteiger partial charge in [0, 0.05) is 17.3 Å². The molecule has 1 aromatic rings. The molecular weight excluding hydrogens is 158 g/mol. The first-order chi connectivity index (χ1) is 6.11. The summed E-state index contributed by atoms with van der Waals surface area (Å²) in [5.41, 5.74) is 2.82. The van der Waals surface area contributed by atoms with Crippen LogP contribution in [-0.2, 0) is 0 Å². The lowest BCUT2D eigenvalue weighted by molar-refractivity contribution is 0.812. The van der Waals surface area contributed by atoms with Crippen molar-refractivity contribution in [3.05, 3.63) is 23.5 Å². The average Bonchev–Trinajstić information content (AvgIpc) is 2.56. The number of nitrogens with one attached hydrogen (secondary N) is 1. The van der Waals surface area contributed by atoms with Crippen molar-refractivity contribution in [1.82, 2.24) is 4.98 Å². The van der Waals surface area contributed by atoms with Crippen molar-refractivity contribution in [3.63, 3.8) is 0 Å². The molecule has 1 saturated carbocycles. The van der Waals surface area contributed by atoms with E-state index in [2.05, 4.69) is 44.8 Å². The third kappa shape index (κ3) is 1.41. The zero-order chi connectivity index (χ0) is 9.59. The molecule has 13 heavy (non-hydrogen) atoms. The quantitative estimate of drug-likeness (QED) is 0.711. The highest BCUT2D eigenvalue weighted by atomic mass is 14.8. The van der Waals surface area contributed by atoms with Gasteiger partial charge in [-0.1, -0.05) is 27.7 Å². The molecule has 0 aliphatic heterocycles. The molecule has 0 spiro atoms. The van der Waals surface area contributed by atoms with Crippen LogP contribution in [0.3, 0.4) is 0 Å². The Labute approximate surface area is 80.6 Å². The van der Waals surface area contributed by atoms with Gasteiger partial charge in [-0.25, -0.2) is 0 Å². The predicted octanol–water partition coefficient (Wildman–Crippen LogP) is 3.51. The number of hydrogen-bond donors (Lipinski definition) is 1. The molecule has 1 nitrogen and oxygen atoms in total. The van der Waals surface area contributed by atoms with Gasteiger partial charge in [-0.15, -0.1) is 0 Å². The number of H-pyrrole nitrogens is 1. The van der Waals surface area contributed by atoms with Crippen molar-refractivity contribution >= 4 is 0 Å². The highest BCUT2D eigenvalue weighted by molar-refractivity contribution is 5.25. The van der Waals surface area contributed by atoms with Crippen molar-refractivity contribution in [3.8, 4) is 0 Å². The number of rotatable bonds is 2. The molecule has 72 valence electrons. The van der Waals surface area contributed by atoms with E-state index in [0.29, 0.717) is 5.92 Å². The molecule has 1 aromatic heterocycles. The summed E-state index contributed by atoms with van der Waals surface area (Å²) in [4.78, 5) is 3.54. The third-order valence-electron chi connectivity index (χ3n) is 3.53. The van der Waals surface area contributed by atoms with E-state index in [1.165, 1.54) is 11.4 Å². The van der Waals surface area contributed by atoms with Gasteiger partial charge in [-0.2, -0.15) is 0 Å². The standard InChI is InChI=1S/C12H19N/c1-7(2)10-5-6-11(13-10)12-8(3)9(12)4/h5-9,12-13H,1-4H3. The smallest absolute Gasteiger partial charge is 0.0186 e. The summed E-state index contributed by atoms with van der Waals surface area (Å²) in [6, 6.07) is 4.50. The van der Waals surface area contributed by atoms with Gasteiger partial charge in [0.25, 0.3) is 0 Å². The maximum atomic E-state index is 3.54. The van der Waals surface area contributed by atoms with Crippen LogP contribution >= 0.6 is 0 Å². The fraction of sp³-hybridized carbons (Fsp3) is 0.667. The lowest BCUT2D eigenvalue weighted by Gasteiger charge is -2.00. The molecule has 0 saturated heterocycles. The number of hydrogen-bond acceptors (Lipinski definition) is 0. The van der Waals surface area contributed by atoms with Crippen LogP contribution in [0, 0.1) is 11.8 Å². The zero-order valence-corrected chi connectivity index (χ0v) is 8.96.